The lowest BCUT2D eigenvalue weighted by Crippen LogP contribution is -2.08. The molecule has 0 radical (unpaired) electrons. The number of nitrogens with two attached hydrogens (primary N) is 1. The van der Waals surface area contributed by atoms with Crippen molar-refractivity contribution >= 4 is 16.9 Å². The molecule has 1 heterocycles. The summed E-state index contributed by atoms with van der Waals surface area (Å²) in [5.41, 5.74) is 7.71. The van der Waals surface area contributed by atoms with E-state index in [1.807, 2.05) is 23.6 Å². The minimum Gasteiger partial charge on any atom is -0.478 e. The molecule has 2 rings (SSSR count). The number of carboxylic acids is 1. The molecule has 0 aliphatic carbocycles. The highest BCUT2D eigenvalue weighted by atomic mass is 16.4. The average molecular weight is 218 g/mol. The first-order chi connectivity index (χ1) is 7.69. The molecule has 0 bridgehead atoms. The highest BCUT2D eigenvalue weighted by Gasteiger charge is 2.14. The van der Waals surface area contributed by atoms with Crippen LogP contribution in [0, 0.1) is 0 Å². The maximum atomic E-state index is 11.1. The van der Waals surface area contributed by atoms with Gasteiger partial charge in [0.05, 0.1) is 11.1 Å². The summed E-state index contributed by atoms with van der Waals surface area (Å²) in [6.45, 7) is 3.12. The number of hydrogen-bond donors (Lipinski definition) is 2. The molecule has 0 unspecified atom stereocenters. The molecule has 0 saturated carbocycles. The van der Waals surface area contributed by atoms with E-state index in [1.165, 1.54) is 0 Å². The summed E-state index contributed by atoms with van der Waals surface area (Å²) in [6.07, 6.45) is 0. The Bertz CT molecular complexity index is 543. The first kappa shape index (κ1) is 10.7. The predicted molar refractivity (Wildman–Crippen MR) is 62.5 cm³/mol. The number of para-hydroxylation sites is 1. The van der Waals surface area contributed by atoms with Crippen LogP contribution in [-0.4, -0.2) is 15.6 Å². The van der Waals surface area contributed by atoms with Crippen molar-refractivity contribution in [1.29, 1.82) is 0 Å². The maximum Gasteiger partial charge on any atom is 0.337 e. The molecule has 0 fully saturated rings. The van der Waals surface area contributed by atoms with Crippen LogP contribution in [0.4, 0.5) is 0 Å². The zero-order chi connectivity index (χ0) is 11.7. The number of benzene rings is 1. The molecule has 4 nitrogen and oxygen atoms in total. The fourth-order valence-electron chi connectivity index (χ4n) is 2.08. The van der Waals surface area contributed by atoms with Gasteiger partial charge >= 0.3 is 5.97 Å². The summed E-state index contributed by atoms with van der Waals surface area (Å²) in [7, 11) is 0. The van der Waals surface area contributed by atoms with Gasteiger partial charge < -0.3 is 15.4 Å². The second-order valence-corrected chi connectivity index (χ2v) is 3.63. The Morgan fingerprint density at radius 2 is 2.25 bits per heavy atom. The summed E-state index contributed by atoms with van der Waals surface area (Å²) >= 11 is 0. The third kappa shape index (κ3) is 1.47. The van der Waals surface area contributed by atoms with Gasteiger partial charge in [-0.2, -0.15) is 0 Å². The van der Waals surface area contributed by atoms with Crippen molar-refractivity contribution in [3.05, 3.63) is 35.5 Å². The van der Waals surface area contributed by atoms with E-state index in [9.17, 15) is 4.79 Å². The van der Waals surface area contributed by atoms with E-state index < -0.39 is 5.97 Å². The molecule has 3 N–H and O–H groups in total. The number of hydrogen-bond acceptors (Lipinski definition) is 2. The van der Waals surface area contributed by atoms with Gasteiger partial charge in [0.15, 0.2) is 0 Å². The Hall–Kier alpha value is -1.81. The van der Waals surface area contributed by atoms with Gasteiger partial charge in [0.2, 0.25) is 0 Å². The monoisotopic (exact) mass is 218 g/mol. The lowest BCUT2D eigenvalue weighted by molar-refractivity contribution is 0.0698. The molecule has 0 aliphatic rings. The van der Waals surface area contributed by atoms with Gasteiger partial charge in [-0.3, -0.25) is 0 Å². The van der Waals surface area contributed by atoms with Crippen LogP contribution >= 0.6 is 0 Å². The van der Waals surface area contributed by atoms with Crippen LogP contribution < -0.4 is 5.73 Å². The van der Waals surface area contributed by atoms with E-state index in [0.29, 0.717) is 12.1 Å². The number of carboxylic acid groups (broad SMARTS) is 1. The molecule has 2 aromatic rings. The summed E-state index contributed by atoms with van der Waals surface area (Å²) in [5.74, 6) is -0.901. The van der Waals surface area contributed by atoms with Crippen molar-refractivity contribution in [2.45, 2.75) is 20.0 Å². The molecule has 0 atom stereocenters. The standard InChI is InChI=1S/C12H14N2O2/c1-2-14-9(7-13)6-8-4-3-5-10(11(8)14)12(15)16/h3-6H,2,7,13H2,1H3,(H,15,16). The van der Waals surface area contributed by atoms with Crippen LogP contribution in [0.15, 0.2) is 24.3 Å². The lowest BCUT2D eigenvalue weighted by atomic mass is 10.1. The number of nitrogens with zero attached hydrogens (tertiary/aromatic N) is 1. The van der Waals surface area contributed by atoms with Crippen LogP contribution in [0.25, 0.3) is 10.9 Å². The van der Waals surface area contributed by atoms with E-state index in [0.717, 1.165) is 23.1 Å². The predicted octanol–water partition coefficient (Wildman–Crippen LogP) is 1.82. The zero-order valence-corrected chi connectivity index (χ0v) is 9.10. The minimum absolute atomic E-state index is 0.332. The van der Waals surface area contributed by atoms with Crippen molar-refractivity contribution < 1.29 is 9.90 Å². The minimum atomic E-state index is -0.901. The number of rotatable bonds is 3. The largest absolute Gasteiger partial charge is 0.478 e. The number of carbonyl (C=O) groups is 1. The molecule has 0 spiro atoms. The van der Waals surface area contributed by atoms with Gasteiger partial charge in [-0.15, -0.1) is 0 Å². The van der Waals surface area contributed by atoms with Gasteiger partial charge in [-0.25, -0.2) is 4.79 Å². The van der Waals surface area contributed by atoms with E-state index in [2.05, 4.69) is 0 Å². The molecular weight excluding hydrogens is 204 g/mol. The quantitative estimate of drug-likeness (QED) is 0.825. The SMILES string of the molecule is CCn1c(CN)cc2cccc(C(=O)O)c21. The van der Waals surface area contributed by atoms with Gasteiger partial charge in [0, 0.05) is 24.2 Å². The van der Waals surface area contributed by atoms with Crippen molar-refractivity contribution in [2.24, 2.45) is 5.73 Å². The number of aromatic nitrogens is 1. The lowest BCUT2D eigenvalue weighted by Gasteiger charge is -2.07. The van der Waals surface area contributed by atoms with Gasteiger partial charge in [0.1, 0.15) is 0 Å². The zero-order valence-electron chi connectivity index (χ0n) is 9.10. The molecule has 0 aliphatic heterocycles. The number of fused-ring (bicyclic) bond motifs is 1. The number of aryl methyl sites for hydroxylation is 1. The summed E-state index contributed by atoms with van der Waals surface area (Å²) in [5, 5.41) is 10.1. The third-order valence-corrected chi connectivity index (χ3v) is 2.76. The smallest absolute Gasteiger partial charge is 0.337 e. The highest BCUT2D eigenvalue weighted by molar-refractivity contribution is 6.02. The molecule has 84 valence electrons. The normalized spacial score (nSPS) is 10.9. The molecular formula is C12H14N2O2. The molecule has 4 heteroatoms. The van der Waals surface area contributed by atoms with Gasteiger partial charge in [-0.05, 0) is 19.1 Å². The van der Waals surface area contributed by atoms with Crippen LogP contribution in [-0.2, 0) is 13.1 Å². The van der Waals surface area contributed by atoms with Crippen molar-refractivity contribution in [1.82, 2.24) is 4.57 Å². The number of aromatic carboxylic acids is 1. The fraction of sp³-hybridized carbons (Fsp3) is 0.250. The summed E-state index contributed by atoms with van der Waals surface area (Å²) in [6, 6.07) is 7.24. The van der Waals surface area contributed by atoms with E-state index in [1.54, 1.807) is 12.1 Å². The van der Waals surface area contributed by atoms with Crippen LogP contribution in [0.3, 0.4) is 0 Å². The van der Waals surface area contributed by atoms with Crippen molar-refractivity contribution in [2.75, 3.05) is 0 Å². The Labute approximate surface area is 93.3 Å². The van der Waals surface area contributed by atoms with Crippen LogP contribution in [0.2, 0.25) is 0 Å². The molecule has 0 saturated heterocycles. The van der Waals surface area contributed by atoms with Gasteiger partial charge in [-0.1, -0.05) is 12.1 Å². The van der Waals surface area contributed by atoms with E-state index >= 15 is 0 Å². The molecule has 16 heavy (non-hydrogen) atoms. The highest BCUT2D eigenvalue weighted by Crippen LogP contribution is 2.23. The fourth-order valence-corrected chi connectivity index (χ4v) is 2.08. The molecule has 1 aromatic carbocycles. The first-order valence-electron chi connectivity index (χ1n) is 5.23. The topological polar surface area (TPSA) is 68.2 Å². The third-order valence-electron chi connectivity index (χ3n) is 2.76. The Kier molecular flexibility index (Phi) is 2.66. The first-order valence-corrected chi connectivity index (χ1v) is 5.23. The second kappa shape index (κ2) is 3.98. The van der Waals surface area contributed by atoms with E-state index in [-0.39, 0.29) is 0 Å². The summed E-state index contributed by atoms with van der Waals surface area (Å²) < 4.78 is 1.96. The van der Waals surface area contributed by atoms with Gasteiger partial charge in [0.25, 0.3) is 0 Å². The maximum absolute atomic E-state index is 11.1. The van der Waals surface area contributed by atoms with Crippen LogP contribution in [0.5, 0.6) is 0 Å². The van der Waals surface area contributed by atoms with Crippen molar-refractivity contribution in [3.8, 4) is 0 Å². The molecule has 0 amide bonds. The Balaban J connectivity index is 2.84. The average Bonchev–Trinajstić information content (AvgIpc) is 2.65. The van der Waals surface area contributed by atoms with Crippen molar-refractivity contribution in [3.63, 3.8) is 0 Å². The Morgan fingerprint density at radius 3 is 2.81 bits per heavy atom. The van der Waals surface area contributed by atoms with Crippen LogP contribution in [0.1, 0.15) is 23.0 Å². The molecule has 1 aromatic heterocycles. The Morgan fingerprint density at radius 1 is 1.50 bits per heavy atom. The van der Waals surface area contributed by atoms with E-state index in [4.69, 9.17) is 10.8 Å². The second-order valence-electron chi connectivity index (χ2n) is 3.63. The summed E-state index contributed by atoms with van der Waals surface area (Å²) in [4.78, 5) is 11.1.